The van der Waals surface area contributed by atoms with E-state index in [-0.39, 0.29) is 5.78 Å². The maximum Gasteiger partial charge on any atom is 0.162 e. The largest absolute Gasteiger partial charge is 0.378 e. The van der Waals surface area contributed by atoms with Crippen LogP contribution >= 0.6 is 0 Å². The molecule has 0 saturated carbocycles. The Morgan fingerprint density at radius 2 is 1.83 bits per heavy atom. The molecular formula is C16H23NO. The van der Waals surface area contributed by atoms with Crippen LogP contribution < -0.4 is 4.90 Å². The minimum absolute atomic E-state index is 0.249. The SMILES string of the molecule is C=CCCCCCC(=O)c1ccc(N(C)C)cc1. The Morgan fingerprint density at radius 3 is 2.39 bits per heavy atom. The monoisotopic (exact) mass is 245 g/mol. The van der Waals surface area contributed by atoms with Crippen molar-refractivity contribution in [2.45, 2.75) is 32.1 Å². The Morgan fingerprint density at radius 1 is 1.17 bits per heavy atom. The molecule has 1 rings (SSSR count). The average molecular weight is 245 g/mol. The van der Waals surface area contributed by atoms with Crippen molar-refractivity contribution < 1.29 is 4.79 Å². The number of Topliss-reactive ketones (excluding diaryl/α,β-unsaturated/α-hetero) is 1. The van der Waals surface area contributed by atoms with Crippen LogP contribution in [0.15, 0.2) is 36.9 Å². The molecule has 0 bridgehead atoms. The highest BCUT2D eigenvalue weighted by molar-refractivity contribution is 5.96. The Bertz CT molecular complexity index is 379. The molecule has 18 heavy (non-hydrogen) atoms. The van der Waals surface area contributed by atoms with Crippen LogP contribution in [0.4, 0.5) is 5.69 Å². The van der Waals surface area contributed by atoms with Crippen LogP contribution in [0.5, 0.6) is 0 Å². The maximum atomic E-state index is 11.9. The molecule has 0 N–H and O–H groups in total. The van der Waals surface area contributed by atoms with Gasteiger partial charge in [0.25, 0.3) is 0 Å². The predicted octanol–water partition coefficient (Wildman–Crippen LogP) is 4.07. The first-order valence-corrected chi connectivity index (χ1v) is 6.56. The van der Waals surface area contributed by atoms with Crippen LogP contribution in [0, 0.1) is 0 Å². The smallest absolute Gasteiger partial charge is 0.162 e. The van der Waals surface area contributed by atoms with Gasteiger partial charge >= 0.3 is 0 Å². The molecule has 0 radical (unpaired) electrons. The number of anilines is 1. The number of hydrogen-bond donors (Lipinski definition) is 0. The zero-order valence-corrected chi connectivity index (χ0v) is 11.5. The molecule has 0 saturated heterocycles. The number of nitrogens with zero attached hydrogens (tertiary/aromatic N) is 1. The Balaban J connectivity index is 2.39. The van der Waals surface area contributed by atoms with Gasteiger partial charge in [0.2, 0.25) is 0 Å². The summed E-state index contributed by atoms with van der Waals surface area (Å²) in [5.41, 5.74) is 1.95. The van der Waals surface area contributed by atoms with Gasteiger partial charge in [-0.2, -0.15) is 0 Å². The molecule has 0 heterocycles. The molecule has 0 aliphatic heterocycles. The summed E-state index contributed by atoms with van der Waals surface area (Å²) in [6.07, 6.45) is 6.85. The third-order valence-corrected chi connectivity index (χ3v) is 3.02. The fourth-order valence-electron chi connectivity index (χ4n) is 1.84. The van der Waals surface area contributed by atoms with Crippen LogP contribution in [0.3, 0.4) is 0 Å². The second-order valence-electron chi connectivity index (χ2n) is 4.75. The summed E-state index contributed by atoms with van der Waals surface area (Å²) in [4.78, 5) is 14.0. The number of carbonyl (C=O) groups excluding carboxylic acids is 1. The molecule has 0 atom stereocenters. The lowest BCUT2D eigenvalue weighted by Crippen LogP contribution is -2.08. The van der Waals surface area contributed by atoms with Crippen LogP contribution in [0.1, 0.15) is 42.5 Å². The van der Waals surface area contributed by atoms with Crippen LogP contribution in [0.2, 0.25) is 0 Å². The first-order chi connectivity index (χ1) is 8.65. The molecule has 0 fully saturated rings. The van der Waals surface area contributed by atoms with E-state index in [2.05, 4.69) is 6.58 Å². The molecule has 0 aliphatic carbocycles. The maximum absolute atomic E-state index is 11.9. The molecule has 98 valence electrons. The number of benzene rings is 1. The highest BCUT2D eigenvalue weighted by Gasteiger charge is 2.05. The summed E-state index contributed by atoms with van der Waals surface area (Å²) in [5.74, 6) is 0.249. The van der Waals surface area contributed by atoms with Crippen molar-refractivity contribution in [2.24, 2.45) is 0 Å². The van der Waals surface area contributed by atoms with Gasteiger partial charge in [-0.05, 0) is 43.5 Å². The van der Waals surface area contributed by atoms with E-state index in [9.17, 15) is 4.79 Å². The molecule has 0 unspecified atom stereocenters. The van der Waals surface area contributed by atoms with Crippen molar-refractivity contribution >= 4 is 11.5 Å². The van der Waals surface area contributed by atoms with Gasteiger partial charge in [-0.15, -0.1) is 6.58 Å². The molecule has 2 nitrogen and oxygen atoms in total. The summed E-state index contributed by atoms with van der Waals surface area (Å²) in [6.45, 7) is 3.69. The van der Waals surface area contributed by atoms with E-state index in [0.717, 1.165) is 36.9 Å². The fraction of sp³-hybridized carbons (Fsp3) is 0.438. The Hall–Kier alpha value is -1.57. The van der Waals surface area contributed by atoms with Gasteiger partial charge in [-0.25, -0.2) is 0 Å². The number of allylic oxidation sites excluding steroid dienone is 1. The van der Waals surface area contributed by atoms with E-state index < -0.39 is 0 Å². The van der Waals surface area contributed by atoms with Crippen molar-refractivity contribution in [3.63, 3.8) is 0 Å². The van der Waals surface area contributed by atoms with E-state index in [1.807, 2.05) is 49.3 Å². The lowest BCUT2D eigenvalue weighted by molar-refractivity contribution is 0.0979. The minimum atomic E-state index is 0.249. The molecule has 0 aromatic heterocycles. The first kappa shape index (κ1) is 14.5. The lowest BCUT2D eigenvalue weighted by atomic mass is 10.0. The number of unbranched alkanes of at least 4 members (excludes halogenated alkanes) is 3. The molecule has 2 heteroatoms. The highest BCUT2D eigenvalue weighted by atomic mass is 16.1. The molecular weight excluding hydrogens is 222 g/mol. The van der Waals surface area contributed by atoms with E-state index in [1.54, 1.807) is 0 Å². The van der Waals surface area contributed by atoms with E-state index in [0.29, 0.717) is 6.42 Å². The third kappa shape index (κ3) is 4.74. The number of carbonyl (C=O) groups is 1. The zero-order valence-electron chi connectivity index (χ0n) is 11.5. The molecule has 1 aromatic rings. The van der Waals surface area contributed by atoms with Crippen LogP contribution in [0.25, 0.3) is 0 Å². The third-order valence-electron chi connectivity index (χ3n) is 3.02. The number of ketones is 1. The van der Waals surface area contributed by atoms with Crippen molar-refractivity contribution in [1.29, 1.82) is 0 Å². The van der Waals surface area contributed by atoms with Gasteiger partial charge in [0.15, 0.2) is 5.78 Å². The molecule has 0 spiro atoms. The summed E-state index contributed by atoms with van der Waals surface area (Å²) in [7, 11) is 3.99. The van der Waals surface area contributed by atoms with Crippen molar-refractivity contribution in [3.05, 3.63) is 42.5 Å². The Labute approximate surface area is 110 Å². The van der Waals surface area contributed by atoms with Crippen LogP contribution in [-0.4, -0.2) is 19.9 Å². The first-order valence-electron chi connectivity index (χ1n) is 6.56. The van der Waals surface area contributed by atoms with Crippen LogP contribution in [-0.2, 0) is 0 Å². The highest BCUT2D eigenvalue weighted by Crippen LogP contribution is 2.15. The second kappa shape index (κ2) is 7.70. The zero-order chi connectivity index (χ0) is 13.4. The predicted molar refractivity (Wildman–Crippen MR) is 78.4 cm³/mol. The van der Waals surface area contributed by atoms with Gasteiger partial charge in [0.1, 0.15) is 0 Å². The normalized spacial score (nSPS) is 10.1. The molecule has 0 aliphatic rings. The Kier molecular flexibility index (Phi) is 6.20. The summed E-state index contributed by atoms with van der Waals surface area (Å²) in [5, 5.41) is 0. The van der Waals surface area contributed by atoms with Crippen molar-refractivity contribution in [2.75, 3.05) is 19.0 Å². The summed E-state index contributed by atoms with van der Waals surface area (Å²) in [6, 6.07) is 7.82. The molecule has 0 amide bonds. The van der Waals surface area contributed by atoms with E-state index in [4.69, 9.17) is 0 Å². The standard InChI is InChI=1S/C16H23NO/c1-4-5-6-7-8-9-16(18)14-10-12-15(13-11-14)17(2)3/h4,10-13H,1,5-9H2,2-3H3. The van der Waals surface area contributed by atoms with E-state index >= 15 is 0 Å². The van der Waals surface area contributed by atoms with Gasteiger partial charge in [0.05, 0.1) is 0 Å². The van der Waals surface area contributed by atoms with Gasteiger partial charge in [0, 0.05) is 31.8 Å². The lowest BCUT2D eigenvalue weighted by Gasteiger charge is -2.12. The quantitative estimate of drug-likeness (QED) is 0.391. The summed E-state index contributed by atoms with van der Waals surface area (Å²) >= 11 is 0. The van der Waals surface area contributed by atoms with E-state index in [1.165, 1.54) is 0 Å². The average Bonchev–Trinajstić information content (AvgIpc) is 2.38. The van der Waals surface area contributed by atoms with Crippen molar-refractivity contribution in [3.8, 4) is 0 Å². The second-order valence-corrected chi connectivity index (χ2v) is 4.75. The number of hydrogen-bond acceptors (Lipinski definition) is 2. The van der Waals surface area contributed by atoms with Crippen molar-refractivity contribution in [1.82, 2.24) is 0 Å². The molecule has 1 aromatic carbocycles. The van der Waals surface area contributed by atoms with Gasteiger partial charge in [-0.3, -0.25) is 4.79 Å². The van der Waals surface area contributed by atoms with Gasteiger partial charge < -0.3 is 4.90 Å². The topological polar surface area (TPSA) is 20.3 Å². The summed E-state index contributed by atoms with van der Waals surface area (Å²) < 4.78 is 0. The minimum Gasteiger partial charge on any atom is -0.378 e. The number of rotatable bonds is 8. The fourth-order valence-corrected chi connectivity index (χ4v) is 1.84. The van der Waals surface area contributed by atoms with Gasteiger partial charge in [-0.1, -0.05) is 12.5 Å².